The second-order valence-corrected chi connectivity index (χ2v) is 13.0. The second kappa shape index (κ2) is 15.1. The Bertz CT molecular complexity index is 1600. The van der Waals surface area contributed by atoms with Crippen molar-refractivity contribution in [3.05, 3.63) is 55.8 Å². The zero-order valence-electron chi connectivity index (χ0n) is 21.7. The van der Waals surface area contributed by atoms with Crippen molar-refractivity contribution in [3.8, 4) is 0 Å². The van der Waals surface area contributed by atoms with Gasteiger partial charge in [0.25, 0.3) is 5.56 Å². The summed E-state index contributed by atoms with van der Waals surface area (Å²) in [6, 6.07) is 2.32. The van der Waals surface area contributed by atoms with E-state index in [2.05, 4.69) is 17.9 Å². The summed E-state index contributed by atoms with van der Waals surface area (Å²) in [6.07, 6.45) is -7.00. The number of hydrogen-bond donors (Lipinski definition) is 5. The van der Waals surface area contributed by atoms with Crippen molar-refractivity contribution < 1.29 is 65.0 Å². The number of aromatic amines is 1. The normalized spacial score (nSPS) is 28.1. The first-order valence-electron chi connectivity index (χ1n) is 12.0. The van der Waals surface area contributed by atoms with Crippen molar-refractivity contribution >= 4 is 38.8 Å². The summed E-state index contributed by atoms with van der Waals surface area (Å²) in [5.74, 6) is -0.0146. The van der Waals surface area contributed by atoms with Crippen molar-refractivity contribution in [1.29, 1.82) is 0 Å². The average Bonchev–Trinajstić information content (AvgIpc) is 3.44. The van der Waals surface area contributed by atoms with Gasteiger partial charge in [0.05, 0.1) is 6.10 Å². The molecule has 22 nitrogen and oxygen atoms in total. The number of H-pyrrole nitrogens is 1. The molecule has 2 aromatic rings. The number of nitrogens with one attached hydrogen (secondary N) is 1. The molecule has 2 aliphatic heterocycles. The highest BCUT2D eigenvalue weighted by Gasteiger charge is 2.56. The fourth-order valence-electron chi connectivity index (χ4n) is 3.91. The molecule has 44 heavy (non-hydrogen) atoms. The van der Waals surface area contributed by atoms with E-state index in [-0.39, 0.29) is 12.2 Å². The van der Waals surface area contributed by atoms with E-state index in [1.54, 1.807) is 0 Å². The molecule has 4 heterocycles. The van der Waals surface area contributed by atoms with Gasteiger partial charge in [-0.15, -0.1) is 9.05 Å². The van der Waals surface area contributed by atoms with Crippen LogP contribution in [-0.2, 0) is 49.7 Å². The van der Waals surface area contributed by atoms with Gasteiger partial charge in [0.2, 0.25) is 0 Å². The van der Waals surface area contributed by atoms with E-state index < -0.39 is 106 Å². The molecule has 0 amide bonds. The standard InChI is InChI=1S/C18H21N5O17P4/c19-11-1-3-22(17(28)20-11)13-5-8(24)9(36-13)6-34-41(30)38-43(32)40-44(33)39-42(31)35-7-10-14(26)15(27)16(37-10)23-4-2-12(25)21-18(23)29/h1-4,8-10,13-16,24,26-27H,5-7H2,(H-2,19,20,21,25,28,29)/q+2/p+2/t8-,9+,10-,13+,14-,15-,16-/m1/s1. The number of nitrogen functional groups attached to an aromatic ring is 1. The molecule has 0 saturated carbocycles. The van der Waals surface area contributed by atoms with E-state index in [1.165, 1.54) is 12.3 Å². The minimum absolute atomic E-state index is 0.0146. The summed E-state index contributed by atoms with van der Waals surface area (Å²) in [6.45, 7) is -1.26. The van der Waals surface area contributed by atoms with Crippen molar-refractivity contribution in [2.45, 2.75) is 49.4 Å². The van der Waals surface area contributed by atoms with Gasteiger partial charge >= 0.3 is 44.4 Å². The average molecular weight is 705 g/mol. The van der Waals surface area contributed by atoms with Gasteiger partial charge in [0, 0.05) is 43.1 Å². The van der Waals surface area contributed by atoms with Crippen molar-refractivity contribution in [2.75, 3.05) is 18.9 Å². The molecule has 238 valence electrons. The van der Waals surface area contributed by atoms with Gasteiger partial charge in [0.1, 0.15) is 49.7 Å². The number of ether oxygens (including phenoxy) is 2. The fourth-order valence-corrected chi connectivity index (χ4v) is 6.91. The number of nitrogens with zero attached hydrogens (tertiary/aromatic N) is 3. The van der Waals surface area contributed by atoms with E-state index in [1.807, 2.05) is 4.98 Å². The van der Waals surface area contributed by atoms with Crippen LogP contribution in [0.5, 0.6) is 0 Å². The number of anilines is 1. The molecule has 2 aromatic heterocycles. The van der Waals surface area contributed by atoms with Gasteiger partial charge in [-0.2, -0.15) is 4.98 Å². The molecule has 2 fully saturated rings. The molecule has 0 radical (unpaired) electrons. The monoisotopic (exact) mass is 705 g/mol. The molecule has 4 unspecified atom stereocenters. The third kappa shape index (κ3) is 8.75. The molecule has 0 spiro atoms. The van der Waals surface area contributed by atoms with Crippen LogP contribution in [0.2, 0.25) is 0 Å². The zero-order chi connectivity index (χ0) is 32.1. The third-order valence-electron chi connectivity index (χ3n) is 5.92. The first-order valence-corrected chi connectivity index (χ1v) is 16.4. The highest BCUT2D eigenvalue weighted by molar-refractivity contribution is 7.56. The van der Waals surface area contributed by atoms with Crippen LogP contribution in [0, 0.1) is 0 Å². The van der Waals surface area contributed by atoms with Crippen LogP contribution in [0.15, 0.2) is 38.9 Å². The predicted molar refractivity (Wildman–Crippen MR) is 140 cm³/mol. The lowest BCUT2D eigenvalue weighted by atomic mass is 10.1. The van der Waals surface area contributed by atoms with Gasteiger partial charge in [-0.25, -0.2) is 9.59 Å². The summed E-state index contributed by atoms with van der Waals surface area (Å²) in [5.41, 5.74) is 3.05. The lowest BCUT2D eigenvalue weighted by molar-refractivity contribution is -0.0516. The van der Waals surface area contributed by atoms with E-state index in [0.29, 0.717) is 0 Å². The Kier molecular flexibility index (Phi) is 11.7. The maximum atomic E-state index is 12.0. The van der Waals surface area contributed by atoms with Crippen molar-refractivity contribution in [2.24, 2.45) is 0 Å². The third-order valence-corrected chi connectivity index (χ3v) is 9.84. The molecular formula is C18H23N5O17P4+4. The number of hydrogen-bond acceptors (Lipinski definition) is 19. The Morgan fingerprint density at radius 2 is 1.45 bits per heavy atom. The summed E-state index contributed by atoms with van der Waals surface area (Å²) in [4.78, 5) is 40.6. The summed E-state index contributed by atoms with van der Waals surface area (Å²) in [7, 11) is -13.3. The maximum Gasteiger partial charge on any atom is 0.798 e. The number of aliphatic hydroxyl groups excluding tert-OH is 3. The molecular weight excluding hydrogens is 682 g/mol. The van der Waals surface area contributed by atoms with Crippen LogP contribution >= 0.6 is 33.0 Å². The summed E-state index contributed by atoms with van der Waals surface area (Å²) in [5, 5.41) is 30.5. The molecule has 2 saturated heterocycles. The maximum absolute atomic E-state index is 12.0. The minimum Gasteiger partial charge on any atom is -0.390 e. The fraction of sp³-hybridized carbons (Fsp3) is 0.556. The van der Waals surface area contributed by atoms with Crippen molar-refractivity contribution in [3.63, 3.8) is 0 Å². The van der Waals surface area contributed by atoms with Gasteiger partial charge < -0.3 is 30.5 Å². The number of aliphatic hydroxyl groups is 3. The molecule has 4 rings (SSSR count). The van der Waals surface area contributed by atoms with E-state index in [0.717, 1.165) is 21.4 Å². The van der Waals surface area contributed by atoms with Gasteiger partial charge in [0.15, 0.2) is 19.2 Å². The van der Waals surface area contributed by atoms with Crippen LogP contribution in [0.3, 0.4) is 0 Å². The van der Waals surface area contributed by atoms with Crippen LogP contribution in [-0.4, -0.2) is 78.2 Å². The lowest BCUT2D eigenvalue weighted by Gasteiger charge is -2.16. The summed E-state index contributed by atoms with van der Waals surface area (Å²) >= 11 is 0. The van der Waals surface area contributed by atoms with E-state index >= 15 is 0 Å². The molecule has 2 aliphatic rings. The van der Waals surface area contributed by atoms with Gasteiger partial charge in [-0.05, 0) is 6.07 Å². The Morgan fingerprint density at radius 3 is 2.07 bits per heavy atom. The second-order valence-electron chi connectivity index (χ2n) is 8.77. The van der Waals surface area contributed by atoms with E-state index in [9.17, 15) is 48.0 Å². The largest absolute Gasteiger partial charge is 0.798 e. The molecule has 11 atom stereocenters. The molecule has 26 heteroatoms. The number of aromatic nitrogens is 4. The molecule has 0 aliphatic carbocycles. The van der Waals surface area contributed by atoms with Gasteiger partial charge in [-0.3, -0.25) is 18.9 Å². The Balaban J connectivity index is 1.16. The predicted octanol–water partition coefficient (Wildman–Crippen LogP) is -0.644. The van der Waals surface area contributed by atoms with Crippen LogP contribution in [0.4, 0.5) is 5.82 Å². The molecule has 6 N–H and O–H groups in total. The highest BCUT2D eigenvalue weighted by atomic mass is 31.2. The Morgan fingerprint density at radius 1 is 0.864 bits per heavy atom. The van der Waals surface area contributed by atoms with Crippen LogP contribution in [0.25, 0.3) is 0 Å². The Labute approximate surface area is 247 Å². The topological polar surface area (TPSA) is 309 Å². The Hall–Kier alpha value is -2.64. The molecule has 0 aromatic carbocycles. The van der Waals surface area contributed by atoms with Crippen molar-refractivity contribution in [1.82, 2.24) is 19.1 Å². The minimum atomic E-state index is -3.44. The lowest BCUT2D eigenvalue weighted by Crippen LogP contribution is -2.37. The number of nitrogens with two attached hydrogens (primary N) is 1. The van der Waals surface area contributed by atoms with Crippen LogP contribution in [0.1, 0.15) is 18.9 Å². The summed E-state index contributed by atoms with van der Waals surface area (Å²) < 4.78 is 83.0. The smallest absolute Gasteiger partial charge is 0.390 e. The van der Waals surface area contributed by atoms with E-state index in [4.69, 9.17) is 24.3 Å². The molecule has 0 bridgehead atoms. The highest BCUT2D eigenvalue weighted by Crippen LogP contribution is 2.51. The van der Waals surface area contributed by atoms with Crippen LogP contribution < -0.4 is 22.7 Å². The zero-order valence-corrected chi connectivity index (χ0v) is 25.3. The first-order chi connectivity index (χ1) is 20.8. The SMILES string of the molecule is Nc1ccn([C@@H]2C[C@@H](O)[C@H](CO[P+](=O)O[P+](=O)O[P+](=O)O[P+](=O)OC[C@H]3O[C@@H](n4ccc(=O)[nH]c4=O)[C@H](O)[C@@H]3O)O2)c(=O)n1. The quantitative estimate of drug-likeness (QED) is 0.153. The first kappa shape index (κ1) is 34.2. The number of rotatable bonds is 14. The van der Waals surface area contributed by atoms with Gasteiger partial charge in [-0.1, -0.05) is 0 Å².